The molecule has 122 valence electrons. The first-order valence-electron chi connectivity index (χ1n) is 7.91. The molecule has 1 aromatic heterocycles. The van der Waals surface area contributed by atoms with E-state index in [9.17, 15) is 9.90 Å². The zero-order valence-corrected chi connectivity index (χ0v) is 13.1. The van der Waals surface area contributed by atoms with Crippen molar-refractivity contribution in [1.29, 1.82) is 0 Å². The smallest absolute Gasteiger partial charge is 0.200 e. The van der Waals surface area contributed by atoms with E-state index in [1.807, 2.05) is 29.2 Å². The number of anilines is 1. The van der Waals surface area contributed by atoms with Crippen LogP contribution in [0.25, 0.3) is 22.1 Å². The Balaban J connectivity index is 1.89. The largest absolute Gasteiger partial charge is 0.508 e. The molecule has 2 heterocycles. The number of para-hydroxylation sites is 1. The van der Waals surface area contributed by atoms with Gasteiger partial charge in [0.1, 0.15) is 11.3 Å². The van der Waals surface area contributed by atoms with Crippen LogP contribution in [0.1, 0.15) is 0 Å². The third kappa shape index (κ3) is 2.63. The molecule has 0 spiro atoms. The molecule has 5 heteroatoms. The summed E-state index contributed by atoms with van der Waals surface area (Å²) in [6.45, 7) is 2.66. The minimum Gasteiger partial charge on any atom is -0.508 e. The van der Waals surface area contributed by atoms with Crippen LogP contribution in [0, 0.1) is 0 Å². The van der Waals surface area contributed by atoms with Crippen LogP contribution in [0.5, 0.6) is 5.75 Å². The van der Waals surface area contributed by atoms with Crippen LogP contribution < -0.4 is 10.3 Å². The molecule has 0 unspecified atom stereocenters. The van der Waals surface area contributed by atoms with E-state index in [4.69, 9.17) is 9.15 Å². The first-order valence-corrected chi connectivity index (χ1v) is 7.91. The van der Waals surface area contributed by atoms with Gasteiger partial charge in [-0.1, -0.05) is 24.3 Å². The SMILES string of the molecule is O=c1cc(N2CCOCC2)oc2c(-c3ccc(O)cc3)cccc12. The third-order valence-corrected chi connectivity index (χ3v) is 4.24. The number of ether oxygens (including phenoxy) is 1. The first kappa shape index (κ1) is 14.8. The van der Waals surface area contributed by atoms with Crippen molar-refractivity contribution in [2.45, 2.75) is 0 Å². The Labute approximate surface area is 138 Å². The number of phenolic OH excluding ortho intramolecular Hbond substituents is 1. The minimum absolute atomic E-state index is 0.0571. The second-order valence-electron chi connectivity index (χ2n) is 5.78. The number of rotatable bonds is 2. The van der Waals surface area contributed by atoms with Gasteiger partial charge in [-0.25, -0.2) is 0 Å². The highest BCUT2D eigenvalue weighted by Gasteiger charge is 2.17. The fourth-order valence-corrected chi connectivity index (χ4v) is 2.97. The average molecular weight is 323 g/mol. The number of hydrogen-bond acceptors (Lipinski definition) is 5. The van der Waals surface area contributed by atoms with Gasteiger partial charge in [-0.05, 0) is 23.8 Å². The summed E-state index contributed by atoms with van der Waals surface area (Å²) < 4.78 is 11.5. The summed E-state index contributed by atoms with van der Waals surface area (Å²) in [5.74, 6) is 0.775. The van der Waals surface area contributed by atoms with Gasteiger partial charge < -0.3 is 19.2 Å². The predicted octanol–water partition coefficient (Wildman–Crippen LogP) is 3.00. The number of morpholine rings is 1. The summed E-state index contributed by atoms with van der Waals surface area (Å²) in [6, 6.07) is 14.0. The fraction of sp³-hybridized carbons (Fsp3) is 0.211. The van der Waals surface area contributed by atoms with Gasteiger partial charge in [-0.2, -0.15) is 0 Å². The van der Waals surface area contributed by atoms with E-state index in [1.54, 1.807) is 24.3 Å². The molecule has 0 bridgehead atoms. The fourth-order valence-electron chi connectivity index (χ4n) is 2.97. The maximum absolute atomic E-state index is 12.5. The summed E-state index contributed by atoms with van der Waals surface area (Å²) in [5.41, 5.74) is 2.23. The molecule has 24 heavy (non-hydrogen) atoms. The van der Waals surface area contributed by atoms with Crippen LogP contribution in [-0.2, 0) is 4.74 Å². The molecule has 0 saturated carbocycles. The molecule has 1 aliphatic rings. The number of phenols is 1. The minimum atomic E-state index is -0.0571. The van der Waals surface area contributed by atoms with Crippen LogP contribution in [-0.4, -0.2) is 31.4 Å². The molecule has 0 radical (unpaired) electrons. The Kier molecular flexibility index (Phi) is 3.70. The van der Waals surface area contributed by atoms with Crippen molar-refractivity contribution in [3.8, 4) is 16.9 Å². The van der Waals surface area contributed by atoms with Crippen molar-refractivity contribution >= 4 is 16.9 Å². The van der Waals surface area contributed by atoms with Crippen LogP contribution in [0.15, 0.2) is 57.7 Å². The molecule has 1 saturated heterocycles. The lowest BCUT2D eigenvalue weighted by molar-refractivity contribution is 0.121. The highest BCUT2D eigenvalue weighted by molar-refractivity contribution is 5.92. The van der Waals surface area contributed by atoms with E-state index < -0.39 is 0 Å². The number of nitrogens with zero attached hydrogens (tertiary/aromatic N) is 1. The zero-order chi connectivity index (χ0) is 16.5. The summed E-state index contributed by atoms with van der Waals surface area (Å²) in [5, 5.41) is 10.0. The average Bonchev–Trinajstić information content (AvgIpc) is 2.63. The summed E-state index contributed by atoms with van der Waals surface area (Å²) in [7, 11) is 0. The molecule has 1 fully saturated rings. The highest BCUT2D eigenvalue weighted by Crippen LogP contribution is 2.31. The van der Waals surface area contributed by atoms with Gasteiger partial charge >= 0.3 is 0 Å². The first-order chi connectivity index (χ1) is 11.7. The van der Waals surface area contributed by atoms with Gasteiger partial charge in [0.15, 0.2) is 11.3 Å². The molecule has 1 N–H and O–H groups in total. The van der Waals surface area contributed by atoms with Gasteiger partial charge in [0.25, 0.3) is 0 Å². The van der Waals surface area contributed by atoms with Crippen molar-refractivity contribution in [3.05, 3.63) is 58.8 Å². The number of aromatic hydroxyl groups is 1. The van der Waals surface area contributed by atoms with Gasteiger partial charge in [0.05, 0.1) is 18.6 Å². The van der Waals surface area contributed by atoms with Crippen LogP contribution >= 0.6 is 0 Å². The Bertz CT molecular complexity index is 924. The standard InChI is InChI=1S/C19H17NO4/c21-14-6-4-13(5-7-14)15-2-1-3-16-17(22)12-18(24-19(15)16)20-8-10-23-11-9-20/h1-7,12,21H,8-11H2. The molecular formula is C19H17NO4. The third-order valence-electron chi connectivity index (χ3n) is 4.24. The molecular weight excluding hydrogens is 306 g/mol. The molecule has 0 amide bonds. The second kappa shape index (κ2) is 6.02. The van der Waals surface area contributed by atoms with E-state index >= 15 is 0 Å². The van der Waals surface area contributed by atoms with Crippen molar-refractivity contribution in [2.24, 2.45) is 0 Å². The van der Waals surface area contributed by atoms with E-state index in [1.165, 1.54) is 0 Å². The van der Waals surface area contributed by atoms with Crippen LogP contribution in [0.2, 0.25) is 0 Å². The maximum atomic E-state index is 12.5. The van der Waals surface area contributed by atoms with Crippen molar-refractivity contribution in [1.82, 2.24) is 0 Å². The molecule has 0 aliphatic carbocycles. The second-order valence-corrected chi connectivity index (χ2v) is 5.78. The normalized spacial score (nSPS) is 14.9. The Morgan fingerprint density at radius 2 is 1.75 bits per heavy atom. The van der Waals surface area contributed by atoms with E-state index in [0.29, 0.717) is 43.2 Å². The maximum Gasteiger partial charge on any atom is 0.200 e. The zero-order valence-electron chi connectivity index (χ0n) is 13.1. The Hall–Kier alpha value is -2.79. The lowest BCUT2D eigenvalue weighted by atomic mass is 10.0. The molecule has 3 aromatic rings. The van der Waals surface area contributed by atoms with Crippen LogP contribution in [0.4, 0.5) is 5.88 Å². The lowest BCUT2D eigenvalue weighted by Crippen LogP contribution is -2.36. The van der Waals surface area contributed by atoms with E-state index in [2.05, 4.69) is 0 Å². The molecule has 5 nitrogen and oxygen atoms in total. The number of fused-ring (bicyclic) bond motifs is 1. The predicted molar refractivity (Wildman–Crippen MR) is 92.6 cm³/mol. The quantitative estimate of drug-likeness (QED) is 0.785. The van der Waals surface area contributed by atoms with Crippen LogP contribution in [0.3, 0.4) is 0 Å². The van der Waals surface area contributed by atoms with Gasteiger partial charge in [0.2, 0.25) is 0 Å². The molecule has 2 aromatic carbocycles. The lowest BCUT2D eigenvalue weighted by Gasteiger charge is -2.27. The summed E-state index contributed by atoms with van der Waals surface area (Å²) >= 11 is 0. The Morgan fingerprint density at radius 1 is 1.00 bits per heavy atom. The monoisotopic (exact) mass is 323 g/mol. The molecule has 0 atom stereocenters. The van der Waals surface area contributed by atoms with E-state index in [-0.39, 0.29) is 11.2 Å². The molecule has 4 rings (SSSR count). The topological polar surface area (TPSA) is 62.9 Å². The molecule has 1 aliphatic heterocycles. The highest BCUT2D eigenvalue weighted by atomic mass is 16.5. The van der Waals surface area contributed by atoms with E-state index in [0.717, 1.165) is 11.1 Å². The van der Waals surface area contributed by atoms with Crippen molar-refractivity contribution in [2.75, 3.05) is 31.2 Å². The van der Waals surface area contributed by atoms with Gasteiger partial charge in [-0.3, -0.25) is 4.79 Å². The van der Waals surface area contributed by atoms with Gasteiger partial charge in [-0.15, -0.1) is 0 Å². The number of hydrogen-bond donors (Lipinski definition) is 1. The number of benzene rings is 2. The Morgan fingerprint density at radius 3 is 2.50 bits per heavy atom. The summed E-state index contributed by atoms with van der Waals surface area (Å²) in [6.07, 6.45) is 0. The summed E-state index contributed by atoms with van der Waals surface area (Å²) in [4.78, 5) is 14.5. The van der Waals surface area contributed by atoms with Gasteiger partial charge in [0, 0.05) is 24.7 Å². The van der Waals surface area contributed by atoms with Crippen molar-refractivity contribution < 1.29 is 14.3 Å². The van der Waals surface area contributed by atoms with Crippen molar-refractivity contribution in [3.63, 3.8) is 0 Å².